The number of amidine groups is 1. The van der Waals surface area contributed by atoms with Crippen LogP contribution in [0, 0.1) is 0 Å². The van der Waals surface area contributed by atoms with Crippen LogP contribution in [0.2, 0.25) is 0 Å². The number of rotatable bonds is 6. The Kier molecular flexibility index (Phi) is 6.17. The normalized spacial score (nSPS) is 19.3. The Labute approximate surface area is 145 Å². The lowest BCUT2D eigenvalue weighted by molar-refractivity contribution is -0.138. The average molecular weight is 400 g/mol. The van der Waals surface area contributed by atoms with Gasteiger partial charge in [0.1, 0.15) is 11.0 Å². The van der Waals surface area contributed by atoms with E-state index in [0.717, 1.165) is 27.5 Å². The number of carbonyl (C=O) groups excluding carboxylic acids is 1. The molecule has 1 aromatic carbocycles. The topological polar surface area (TPSA) is 100 Å². The number of benzene rings is 1. The summed E-state index contributed by atoms with van der Waals surface area (Å²) >= 11 is 4.47. The Balaban J connectivity index is 2.00. The first-order chi connectivity index (χ1) is 11.0. The molecule has 1 heterocycles. The summed E-state index contributed by atoms with van der Waals surface area (Å²) in [5.41, 5.74) is 0.807. The van der Waals surface area contributed by atoms with Crippen molar-refractivity contribution in [2.75, 3.05) is 6.61 Å². The summed E-state index contributed by atoms with van der Waals surface area (Å²) in [6.07, 6.45) is 1.29. The van der Waals surface area contributed by atoms with E-state index in [0.29, 0.717) is 11.8 Å². The molecule has 1 fully saturated rings. The van der Waals surface area contributed by atoms with Crippen molar-refractivity contribution in [2.24, 2.45) is 10.2 Å². The quantitative estimate of drug-likeness (QED) is 0.564. The molecule has 7 nitrogen and oxygen atoms in total. The van der Waals surface area contributed by atoms with Crippen LogP contribution in [0.4, 0.5) is 0 Å². The summed E-state index contributed by atoms with van der Waals surface area (Å²) in [4.78, 5) is 22.2. The van der Waals surface area contributed by atoms with Crippen LogP contribution in [0.5, 0.6) is 5.75 Å². The number of nitrogens with one attached hydrogen (secondary N) is 1. The molecule has 2 rings (SSSR count). The van der Waals surface area contributed by atoms with Gasteiger partial charge in [0.15, 0.2) is 5.17 Å². The Morgan fingerprint density at radius 1 is 1.57 bits per heavy atom. The molecular formula is C14H14BrN3O4S. The number of carbonyl (C=O) groups is 2. The van der Waals surface area contributed by atoms with Crippen molar-refractivity contribution in [3.8, 4) is 5.75 Å². The van der Waals surface area contributed by atoms with Gasteiger partial charge in [-0.05, 0) is 46.6 Å². The first-order valence-electron chi connectivity index (χ1n) is 6.72. The lowest BCUT2D eigenvalue weighted by atomic mass is 10.2. The molecule has 1 aliphatic rings. The summed E-state index contributed by atoms with van der Waals surface area (Å²) in [7, 11) is 0. The summed E-state index contributed by atoms with van der Waals surface area (Å²) in [5, 5.41) is 18.6. The predicted octanol–water partition coefficient (Wildman–Crippen LogP) is 2.24. The van der Waals surface area contributed by atoms with Gasteiger partial charge in [-0.25, -0.2) is 0 Å². The highest BCUT2D eigenvalue weighted by Gasteiger charge is 2.32. The molecule has 1 aromatic rings. The number of aliphatic carboxylic acids is 1. The van der Waals surface area contributed by atoms with Crippen molar-refractivity contribution in [3.05, 3.63) is 28.2 Å². The number of carboxylic acid groups (broad SMARTS) is 1. The van der Waals surface area contributed by atoms with Gasteiger partial charge in [-0.1, -0.05) is 11.8 Å². The van der Waals surface area contributed by atoms with E-state index in [2.05, 4.69) is 31.4 Å². The zero-order valence-electron chi connectivity index (χ0n) is 12.2. The first-order valence-corrected chi connectivity index (χ1v) is 8.39. The smallest absolute Gasteiger partial charge is 0.305 e. The van der Waals surface area contributed by atoms with E-state index in [-0.39, 0.29) is 12.3 Å². The monoisotopic (exact) mass is 399 g/mol. The van der Waals surface area contributed by atoms with Crippen LogP contribution in [0.25, 0.3) is 0 Å². The maximum Gasteiger partial charge on any atom is 0.305 e. The fraction of sp³-hybridized carbons (Fsp3) is 0.286. The van der Waals surface area contributed by atoms with E-state index >= 15 is 0 Å². The van der Waals surface area contributed by atoms with Crippen LogP contribution in [-0.4, -0.2) is 40.2 Å². The molecular weight excluding hydrogens is 386 g/mol. The maximum atomic E-state index is 11.5. The van der Waals surface area contributed by atoms with Gasteiger partial charge in [0.2, 0.25) is 5.91 Å². The van der Waals surface area contributed by atoms with Gasteiger partial charge in [-0.2, -0.15) is 5.10 Å². The molecule has 1 aliphatic heterocycles. The van der Waals surface area contributed by atoms with E-state index in [1.54, 1.807) is 0 Å². The molecule has 0 radical (unpaired) electrons. The van der Waals surface area contributed by atoms with Crippen molar-refractivity contribution in [1.29, 1.82) is 0 Å². The van der Waals surface area contributed by atoms with Gasteiger partial charge >= 0.3 is 5.97 Å². The fourth-order valence-corrected chi connectivity index (χ4v) is 3.19. The summed E-state index contributed by atoms with van der Waals surface area (Å²) in [6, 6.07) is 5.48. The number of thioether (sulfide) groups is 1. The van der Waals surface area contributed by atoms with Crippen LogP contribution in [0.15, 0.2) is 32.9 Å². The second kappa shape index (κ2) is 8.11. The number of ether oxygens (including phenoxy) is 1. The second-order valence-corrected chi connectivity index (χ2v) is 6.51. The summed E-state index contributed by atoms with van der Waals surface area (Å²) < 4.78 is 6.22. The Morgan fingerprint density at radius 2 is 2.35 bits per heavy atom. The van der Waals surface area contributed by atoms with Crippen LogP contribution in [0.3, 0.4) is 0 Å². The highest BCUT2D eigenvalue weighted by Crippen LogP contribution is 2.25. The summed E-state index contributed by atoms with van der Waals surface area (Å²) in [5.74, 6) is -0.650. The first kappa shape index (κ1) is 17.5. The van der Waals surface area contributed by atoms with Crippen LogP contribution < -0.4 is 10.1 Å². The molecule has 0 aliphatic carbocycles. The van der Waals surface area contributed by atoms with E-state index < -0.39 is 11.2 Å². The molecule has 1 amide bonds. The van der Waals surface area contributed by atoms with Gasteiger partial charge in [-0.15, -0.1) is 5.10 Å². The molecule has 122 valence electrons. The molecule has 0 spiro atoms. The van der Waals surface area contributed by atoms with Crippen molar-refractivity contribution < 1.29 is 19.4 Å². The SMILES string of the molecule is CCOc1ccc(C=N/N=C2\NC(=O)C(CC(=O)O)S2)cc1Br. The van der Waals surface area contributed by atoms with Crippen molar-refractivity contribution in [3.63, 3.8) is 0 Å². The standard InChI is InChI=1S/C14H14BrN3O4S/c1-2-22-10-4-3-8(5-9(10)15)7-16-18-14-17-13(21)11(23-14)6-12(19)20/h3-5,7,11H,2,6H2,1H3,(H,19,20)(H,17,18,21). The number of hydrogen-bond donors (Lipinski definition) is 2. The fourth-order valence-electron chi connectivity index (χ4n) is 1.76. The van der Waals surface area contributed by atoms with Crippen molar-refractivity contribution >= 4 is 51.0 Å². The number of nitrogens with zero attached hydrogens (tertiary/aromatic N) is 2. The zero-order chi connectivity index (χ0) is 16.8. The van der Waals surface area contributed by atoms with Crippen molar-refractivity contribution in [1.82, 2.24) is 5.32 Å². The van der Waals surface area contributed by atoms with Gasteiger partial charge in [0.05, 0.1) is 23.7 Å². The minimum absolute atomic E-state index is 0.245. The molecule has 0 bridgehead atoms. The minimum atomic E-state index is -1.03. The number of hydrogen-bond acceptors (Lipinski definition) is 6. The number of carboxylic acids is 1. The van der Waals surface area contributed by atoms with Gasteiger partial charge in [-0.3, -0.25) is 9.59 Å². The number of amides is 1. The largest absolute Gasteiger partial charge is 0.493 e. The van der Waals surface area contributed by atoms with E-state index in [4.69, 9.17) is 9.84 Å². The van der Waals surface area contributed by atoms with Gasteiger partial charge < -0.3 is 15.2 Å². The highest BCUT2D eigenvalue weighted by atomic mass is 79.9. The molecule has 1 atom stereocenters. The van der Waals surface area contributed by atoms with E-state index in [1.807, 2.05) is 25.1 Å². The van der Waals surface area contributed by atoms with Crippen LogP contribution >= 0.6 is 27.7 Å². The third kappa shape index (κ3) is 5.07. The molecule has 1 unspecified atom stereocenters. The Bertz CT molecular complexity index is 678. The predicted molar refractivity (Wildman–Crippen MR) is 92.1 cm³/mol. The lowest BCUT2D eigenvalue weighted by Gasteiger charge is -2.05. The summed E-state index contributed by atoms with van der Waals surface area (Å²) in [6.45, 7) is 2.48. The molecule has 1 saturated heterocycles. The molecule has 2 N–H and O–H groups in total. The van der Waals surface area contributed by atoms with Crippen molar-refractivity contribution in [2.45, 2.75) is 18.6 Å². The molecule has 0 saturated carbocycles. The van der Waals surface area contributed by atoms with E-state index in [1.165, 1.54) is 6.21 Å². The van der Waals surface area contributed by atoms with Gasteiger partial charge in [0.25, 0.3) is 0 Å². The maximum absolute atomic E-state index is 11.5. The molecule has 0 aromatic heterocycles. The zero-order valence-corrected chi connectivity index (χ0v) is 14.6. The highest BCUT2D eigenvalue weighted by molar-refractivity contribution is 9.10. The molecule has 9 heteroatoms. The van der Waals surface area contributed by atoms with Gasteiger partial charge in [0, 0.05) is 0 Å². The third-order valence-corrected chi connectivity index (χ3v) is 4.44. The third-order valence-electron chi connectivity index (χ3n) is 2.75. The minimum Gasteiger partial charge on any atom is -0.493 e. The molecule has 23 heavy (non-hydrogen) atoms. The Hall–Kier alpha value is -1.87. The second-order valence-electron chi connectivity index (χ2n) is 4.47. The van der Waals surface area contributed by atoms with Crippen LogP contribution in [0.1, 0.15) is 18.9 Å². The van der Waals surface area contributed by atoms with E-state index in [9.17, 15) is 9.59 Å². The average Bonchev–Trinajstić information content (AvgIpc) is 2.81. The lowest BCUT2D eigenvalue weighted by Crippen LogP contribution is -2.26. The van der Waals surface area contributed by atoms with Crippen LogP contribution in [-0.2, 0) is 9.59 Å². The number of halogens is 1. The Morgan fingerprint density at radius 3 is 3.00 bits per heavy atom.